The molecule has 1 amide bonds. The van der Waals surface area contributed by atoms with Crippen LogP contribution < -0.4 is 11.1 Å². The van der Waals surface area contributed by atoms with Gasteiger partial charge in [-0.25, -0.2) is 4.98 Å². The van der Waals surface area contributed by atoms with Gasteiger partial charge in [0.25, 0.3) is 0 Å². The van der Waals surface area contributed by atoms with Crippen LogP contribution in [-0.4, -0.2) is 16.4 Å². The van der Waals surface area contributed by atoms with Crippen molar-refractivity contribution in [3.05, 3.63) is 10.7 Å². The summed E-state index contributed by atoms with van der Waals surface area (Å²) in [6.07, 6.45) is 4.02. The number of carbonyl (C=O) groups excluding carboxylic acids is 1. The lowest BCUT2D eigenvalue weighted by Gasteiger charge is -2.37. The van der Waals surface area contributed by atoms with Crippen molar-refractivity contribution in [2.24, 2.45) is 11.7 Å². The van der Waals surface area contributed by atoms with Crippen molar-refractivity contribution < 1.29 is 4.79 Å². The fourth-order valence-corrected chi connectivity index (χ4v) is 3.46. The van der Waals surface area contributed by atoms with Gasteiger partial charge in [-0.3, -0.25) is 4.79 Å². The predicted molar refractivity (Wildman–Crippen MR) is 74.8 cm³/mol. The Balaban J connectivity index is 2.10. The zero-order chi connectivity index (χ0) is 13.3. The van der Waals surface area contributed by atoms with E-state index in [-0.39, 0.29) is 17.4 Å². The van der Waals surface area contributed by atoms with E-state index in [9.17, 15) is 4.79 Å². The minimum atomic E-state index is -0.379. The molecule has 4 nitrogen and oxygen atoms in total. The normalized spacial score (nSPS) is 28.1. The highest BCUT2D eigenvalue weighted by molar-refractivity contribution is 7.16. The van der Waals surface area contributed by atoms with E-state index in [1.54, 1.807) is 0 Å². The Labute approximate surface area is 112 Å². The van der Waals surface area contributed by atoms with Crippen LogP contribution in [0.5, 0.6) is 0 Å². The molecule has 18 heavy (non-hydrogen) atoms. The molecular weight excluding hydrogens is 246 g/mol. The maximum atomic E-state index is 12.3. The van der Waals surface area contributed by atoms with Crippen LogP contribution in [0, 0.1) is 19.8 Å². The average Bonchev–Trinajstić information content (AvgIpc) is 2.56. The molecule has 0 saturated heterocycles. The van der Waals surface area contributed by atoms with E-state index in [0.717, 1.165) is 41.4 Å². The van der Waals surface area contributed by atoms with Crippen molar-refractivity contribution in [2.45, 2.75) is 52.0 Å². The van der Waals surface area contributed by atoms with Crippen molar-refractivity contribution in [3.8, 4) is 0 Å². The van der Waals surface area contributed by atoms with Crippen LogP contribution in [0.15, 0.2) is 0 Å². The Kier molecular flexibility index (Phi) is 3.73. The van der Waals surface area contributed by atoms with Gasteiger partial charge in [0.15, 0.2) is 0 Å². The van der Waals surface area contributed by atoms with E-state index >= 15 is 0 Å². The Hall–Kier alpha value is -0.940. The van der Waals surface area contributed by atoms with Crippen LogP contribution in [0.3, 0.4) is 0 Å². The van der Waals surface area contributed by atoms with Crippen LogP contribution in [-0.2, 0) is 4.79 Å². The Morgan fingerprint density at radius 2 is 2.22 bits per heavy atom. The number of thiazole rings is 1. The number of aryl methyl sites for hydroxylation is 2. The monoisotopic (exact) mass is 267 g/mol. The number of nitrogens with two attached hydrogens (primary N) is 1. The second kappa shape index (κ2) is 4.97. The van der Waals surface area contributed by atoms with Gasteiger partial charge < -0.3 is 11.1 Å². The summed E-state index contributed by atoms with van der Waals surface area (Å²) in [6, 6.07) is 0. The van der Waals surface area contributed by atoms with E-state index in [2.05, 4.69) is 10.3 Å². The predicted octanol–water partition coefficient (Wildman–Crippen LogP) is 2.61. The number of hydrogen-bond acceptors (Lipinski definition) is 4. The third-order valence-electron chi connectivity index (χ3n) is 3.71. The zero-order valence-corrected chi connectivity index (χ0v) is 12.1. The zero-order valence-electron chi connectivity index (χ0n) is 11.2. The van der Waals surface area contributed by atoms with Gasteiger partial charge in [-0.2, -0.15) is 0 Å². The molecule has 1 aliphatic carbocycles. The minimum absolute atomic E-state index is 0.0476. The van der Waals surface area contributed by atoms with Gasteiger partial charge in [0.05, 0.1) is 16.6 Å². The molecule has 5 heteroatoms. The van der Waals surface area contributed by atoms with Crippen LogP contribution in [0.2, 0.25) is 0 Å². The molecule has 1 aromatic heterocycles. The van der Waals surface area contributed by atoms with Crippen molar-refractivity contribution >= 4 is 22.2 Å². The van der Waals surface area contributed by atoms with Crippen molar-refractivity contribution in [3.63, 3.8) is 0 Å². The minimum Gasteiger partial charge on any atom is -0.325 e. The summed E-state index contributed by atoms with van der Waals surface area (Å²) in [5.74, 6) is -0.0421. The standard InChI is InChI=1S/C13H21N3OS/c1-8-12(18-9(2)15-8)16-11(17)10-6-4-5-7-13(10,3)14/h10H,4-7,14H2,1-3H3,(H,16,17). The van der Waals surface area contributed by atoms with Crippen LogP contribution in [0.1, 0.15) is 43.3 Å². The highest BCUT2D eigenvalue weighted by Crippen LogP contribution is 2.33. The molecule has 2 rings (SSSR count). The first-order valence-electron chi connectivity index (χ1n) is 6.44. The second-order valence-electron chi connectivity index (χ2n) is 5.44. The molecule has 0 aromatic carbocycles. The molecule has 1 saturated carbocycles. The highest BCUT2D eigenvalue weighted by atomic mass is 32.1. The van der Waals surface area contributed by atoms with Crippen LogP contribution in [0.25, 0.3) is 0 Å². The summed E-state index contributed by atoms with van der Waals surface area (Å²) < 4.78 is 0. The van der Waals surface area contributed by atoms with Gasteiger partial charge in [-0.1, -0.05) is 12.8 Å². The van der Waals surface area contributed by atoms with Gasteiger partial charge in [-0.05, 0) is 33.6 Å². The summed E-state index contributed by atoms with van der Waals surface area (Å²) in [5, 5.41) is 4.83. The molecule has 0 aliphatic heterocycles. The molecule has 100 valence electrons. The maximum Gasteiger partial charge on any atom is 0.229 e. The first kappa shape index (κ1) is 13.5. The molecule has 0 radical (unpaired) electrons. The van der Waals surface area contributed by atoms with E-state index in [1.807, 2.05) is 20.8 Å². The van der Waals surface area contributed by atoms with Crippen molar-refractivity contribution in [2.75, 3.05) is 5.32 Å². The molecule has 0 bridgehead atoms. The van der Waals surface area contributed by atoms with E-state index < -0.39 is 0 Å². The third-order valence-corrected chi connectivity index (χ3v) is 4.70. The third kappa shape index (κ3) is 2.72. The van der Waals surface area contributed by atoms with Gasteiger partial charge in [0.1, 0.15) is 5.00 Å². The van der Waals surface area contributed by atoms with Gasteiger partial charge in [0.2, 0.25) is 5.91 Å². The number of aromatic nitrogens is 1. The summed E-state index contributed by atoms with van der Waals surface area (Å²) in [7, 11) is 0. The van der Waals surface area contributed by atoms with Gasteiger partial charge in [-0.15, -0.1) is 11.3 Å². The highest BCUT2D eigenvalue weighted by Gasteiger charge is 2.38. The first-order valence-corrected chi connectivity index (χ1v) is 7.25. The summed E-state index contributed by atoms with van der Waals surface area (Å²) in [6.45, 7) is 5.85. The molecule has 1 aromatic rings. The quantitative estimate of drug-likeness (QED) is 0.865. The Morgan fingerprint density at radius 3 is 2.78 bits per heavy atom. The fraction of sp³-hybridized carbons (Fsp3) is 0.692. The largest absolute Gasteiger partial charge is 0.325 e. The molecule has 2 atom stereocenters. The lowest BCUT2D eigenvalue weighted by molar-refractivity contribution is -0.122. The van der Waals surface area contributed by atoms with E-state index in [1.165, 1.54) is 11.3 Å². The molecule has 2 unspecified atom stereocenters. The molecule has 1 aliphatic rings. The smallest absolute Gasteiger partial charge is 0.229 e. The number of hydrogen-bond donors (Lipinski definition) is 2. The lowest BCUT2D eigenvalue weighted by atomic mass is 9.74. The SMILES string of the molecule is Cc1nc(C)c(NC(=O)C2CCCCC2(C)N)s1. The number of nitrogens with zero attached hydrogens (tertiary/aromatic N) is 1. The van der Waals surface area contributed by atoms with Gasteiger partial charge >= 0.3 is 0 Å². The Bertz CT molecular complexity index is 453. The molecule has 3 N–H and O–H groups in total. The Morgan fingerprint density at radius 1 is 1.50 bits per heavy atom. The fourth-order valence-electron chi connectivity index (χ4n) is 2.64. The topological polar surface area (TPSA) is 68.0 Å². The summed E-state index contributed by atoms with van der Waals surface area (Å²) in [4.78, 5) is 16.7. The van der Waals surface area contributed by atoms with Crippen molar-refractivity contribution in [1.82, 2.24) is 4.98 Å². The van der Waals surface area contributed by atoms with Crippen LogP contribution in [0.4, 0.5) is 5.00 Å². The number of carbonyl (C=O) groups is 1. The average molecular weight is 267 g/mol. The number of rotatable bonds is 2. The molecular formula is C13H21N3OS. The second-order valence-corrected chi connectivity index (χ2v) is 6.64. The number of nitrogens with one attached hydrogen (secondary N) is 1. The van der Waals surface area contributed by atoms with E-state index in [4.69, 9.17) is 5.73 Å². The number of anilines is 1. The maximum absolute atomic E-state index is 12.3. The van der Waals surface area contributed by atoms with E-state index in [0.29, 0.717) is 0 Å². The lowest BCUT2D eigenvalue weighted by Crippen LogP contribution is -2.51. The first-order chi connectivity index (χ1) is 8.40. The van der Waals surface area contributed by atoms with Crippen LogP contribution >= 0.6 is 11.3 Å². The summed E-state index contributed by atoms with van der Waals surface area (Å²) >= 11 is 1.52. The number of amides is 1. The molecule has 1 fully saturated rings. The molecule has 0 spiro atoms. The van der Waals surface area contributed by atoms with Crippen molar-refractivity contribution in [1.29, 1.82) is 0 Å². The summed E-state index contributed by atoms with van der Waals surface area (Å²) in [5.41, 5.74) is 6.76. The van der Waals surface area contributed by atoms with Gasteiger partial charge in [0, 0.05) is 5.54 Å². The molecule has 1 heterocycles.